The number of aliphatic carboxylic acids is 1. The minimum atomic E-state index is -0.624. The van der Waals surface area contributed by atoms with Crippen LogP contribution in [-0.2, 0) is 4.79 Å². The van der Waals surface area contributed by atoms with Gasteiger partial charge in [-0.1, -0.05) is 0 Å². The van der Waals surface area contributed by atoms with Gasteiger partial charge in [-0.3, -0.25) is 0 Å². The van der Waals surface area contributed by atoms with Crippen molar-refractivity contribution in [1.82, 2.24) is 0 Å². The van der Waals surface area contributed by atoms with Crippen molar-refractivity contribution in [3.05, 3.63) is 0 Å². The molecule has 0 aromatic carbocycles. The molecule has 1 aliphatic carbocycles. The van der Waals surface area contributed by atoms with E-state index in [9.17, 15) is 4.79 Å². The van der Waals surface area contributed by atoms with Crippen LogP contribution in [0.15, 0.2) is 0 Å². The third-order valence-electron chi connectivity index (χ3n) is 2.47. The van der Waals surface area contributed by atoms with E-state index < -0.39 is 5.97 Å². The predicted molar refractivity (Wildman–Crippen MR) is 51.0 cm³/mol. The van der Waals surface area contributed by atoms with Crippen LogP contribution >= 0.6 is 0 Å². The summed E-state index contributed by atoms with van der Waals surface area (Å²) in [5, 5.41) is 17.4. The van der Waals surface area contributed by atoms with E-state index in [0.717, 1.165) is 34.1 Å². The van der Waals surface area contributed by atoms with Crippen molar-refractivity contribution in [2.24, 2.45) is 5.92 Å². The molecule has 1 saturated carbocycles. The maximum atomic E-state index is 10.6. The van der Waals surface area contributed by atoms with Gasteiger partial charge < -0.3 is 0 Å². The first kappa shape index (κ1) is 11.3. The molecule has 0 aromatic heterocycles. The molecule has 0 spiro atoms. The van der Waals surface area contributed by atoms with Gasteiger partial charge in [-0.25, -0.2) is 0 Å². The van der Waals surface area contributed by atoms with Crippen LogP contribution in [0.4, 0.5) is 0 Å². The number of carbonyl (C=O) groups is 1. The van der Waals surface area contributed by atoms with E-state index in [1.807, 2.05) is 0 Å². The first-order valence-electron chi connectivity index (χ1n) is 4.69. The molecule has 0 atom stereocenters. The van der Waals surface area contributed by atoms with E-state index in [4.69, 9.17) is 10.2 Å². The van der Waals surface area contributed by atoms with Crippen LogP contribution < -0.4 is 0 Å². The van der Waals surface area contributed by atoms with Crippen molar-refractivity contribution < 1.29 is 15.0 Å². The van der Waals surface area contributed by atoms with Gasteiger partial charge in [0, 0.05) is 0 Å². The van der Waals surface area contributed by atoms with Crippen molar-refractivity contribution >= 4 is 26.9 Å². The Morgan fingerprint density at radius 1 is 1.31 bits per heavy atom. The number of aliphatic hydroxyl groups excluding tert-OH is 1. The summed E-state index contributed by atoms with van der Waals surface area (Å²) >= 11 is -0.0489. The van der Waals surface area contributed by atoms with Crippen molar-refractivity contribution in [3.63, 3.8) is 0 Å². The van der Waals surface area contributed by atoms with Crippen molar-refractivity contribution in [1.29, 1.82) is 0 Å². The van der Waals surface area contributed by atoms with Crippen LogP contribution in [0.2, 0.25) is 8.43 Å². The number of hydrogen-bond acceptors (Lipinski definition) is 2. The van der Waals surface area contributed by atoms with Crippen LogP contribution in [0.25, 0.3) is 0 Å². The zero-order valence-corrected chi connectivity index (χ0v) is 9.94. The van der Waals surface area contributed by atoms with E-state index >= 15 is 0 Å². The molecule has 76 valence electrons. The van der Waals surface area contributed by atoms with E-state index in [1.165, 1.54) is 0 Å². The fraction of sp³-hybridized carbons (Fsp3) is 0.889. The zero-order chi connectivity index (χ0) is 9.68. The first-order valence-corrected chi connectivity index (χ1v) is 7.68. The van der Waals surface area contributed by atoms with E-state index in [2.05, 4.69) is 0 Å². The second kappa shape index (κ2) is 5.85. The molecule has 0 amide bonds. The normalized spacial score (nSPS) is 28.7. The molecule has 0 unspecified atom stereocenters. The molecule has 1 aliphatic rings. The summed E-state index contributed by atoms with van der Waals surface area (Å²) in [6.45, 7) is 0.321. The van der Waals surface area contributed by atoms with Crippen molar-refractivity contribution in [3.8, 4) is 0 Å². The maximum absolute atomic E-state index is 10.6. The summed E-state index contributed by atoms with van der Waals surface area (Å²) in [7, 11) is 0. The monoisotopic (exact) mass is 302 g/mol. The van der Waals surface area contributed by atoms with Gasteiger partial charge in [0.1, 0.15) is 0 Å². The Balaban J connectivity index is 2.18. The fourth-order valence-electron chi connectivity index (χ4n) is 1.70. The SMILES string of the molecule is O=C(O)C1CCC([Te]CCO)CC1. The number of carboxylic acids is 1. The van der Waals surface area contributed by atoms with Gasteiger partial charge in [-0.15, -0.1) is 0 Å². The van der Waals surface area contributed by atoms with Gasteiger partial charge in [0.15, 0.2) is 0 Å². The molecule has 2 N–H and O–H groups in total. The molecule has 1 fully saturated rings. The van der Waals surface area contributed by atoms with Crippen LogP contribution in [0, 0.1) is 5.92 Å². The molecule has 0 radical (unpaired) electrons. The Kier molecular flexibility index (Phi) is 5.08. The second-order valence-electron chi connectivity index (χ2n) is 3.41. The molecule has 0 aromatic rings. The Morgan fingerprint density at radius 2 is 1.92 bits per heavy atom. The molecule has 0 saturated heterocycles. The second-order valence-corrected chi connectivity index (χ2v) is 7.43. The number of rotatable bonds is 4. The average molecular weight is 300 g/mol. The van der Waals surface area contributed by atoms with Gasteiger partial charge in [0.2, 0.25) is 0 Å². The number of carboxylic acid groups (broad SMARTS) is 1. The average Bonchev–Trinajstić information content (AvgIpc) is 2.15. The van der Waals surface area contributed by atoms with Crippen molar-refractivity contribution in [2.45, 2.75) is 34.1 Å². The molecule has 1 rings (SSSR count). The van der Waals surface area contributed by atoms with E-state index in [0.29, 0.717) is 6.61 Å². The van der Waals surface area contributed by atoms with Crippen LogP contribution in [-0.4, -0.2) is 43.7 Å². The molecular weight excluding hydrogens is 284 g/mol. The van der Waals surface area contributed by atoms with E-state index in [1.54, 1.807) is 0 Å². The third kappa shape index (κ3) is 3.84. The summed E-state index contributed by atoms with van der Waals surface area (Å²) in [5.41, 5.74) is 0. The topological polar surface area (TPSA) is 57.5 Å². The van der Waals surface area contributed by atoms with Gasteiger partial charge in [0.05, 0.1) is 0 Å². The third-order valence-corrected chi connectivity index (χ3v) is 6.35. The van der Waals surface area contributed by atoms with Gasteiger partial charge in [-0.05, 0) is 0 Å². The Hall–Kier alpha value is 0.220. The summed E-state index contributed by atoms with van der Waals surface area (Å²) in [5.74, 6) is -0.709. The predicted octanol–water partition coefficient (Wildman–Crippen LogP) is 1.16. The van der Waals surface area contributed by atoms with Gasteiger partial charge in [-0.2, -0.15) is 0 Å². The summed E-state index contributed by atoms with van der Waals surface area (Å²) in [6.07, 6.45) is 3.88. The first-order chi connectivity index (χ1) is 6.24. The Bertz CT molecular complexity index is 164. The van der Waals surface area contributed by atoms with Crippen molar-refractivity contribution in [2.75, 3.05) is 6.61 Å². The van der Waals surface area contributed by atoms with Crippen LogP contribution in [0.1, 0.15) is 25.7 Å². The molecule has 13 heavy (non-hydrogen) atoms. The molecule has 4 heteroatoms. The summed E-state index contributed by atoms with van der Waals surface area (Å²) < 4.78 is 1.78. The standard InChI is InChI=1S/C9H16O3Te/c10-5-6-13-8-3-1-7(2-4-8)9(11)12/h7-8,10H,1-6H2,(H,11,12). The van der Waals surface area contributed by atoms with E-state index in [-0.39, 0.29) is 26.8 Å². The van der Waals surface area contributed by atoms with Crippen LogP contribution in [0.3, 0.4) is 0 Å². The van der Waals surface area contributed by atoms with Crippen LogP contribution in [0.5, 0.6) is 0 Å². The zero-order valence-electron chi connectivity index (χ0n) is 7.61. The Morgan fingerprint density at radius 3 is 2.38 bits per heavy atom. The molecule has 0 heterocycles. The molecule has 0 bridgehead atoms. The van der Waals surface area contributed by atoms with Gasteiger partial charge in [0.25, 0.3) is 0 Å². The number of aliphatic hydroxyl groups is 1. The molecule has 0 aliphatic heterocycles. The van der Waals surface area contributed by atoms with Gasteiger partial charge >= 0.3 is 88.5 Å². The quantitative estimate of drug-likeness (QED) is 0.766. The molecular formula is C9H16O3Te. The summed E-state index contributed by atoms with van der Waals surface area (Å²) in [6, 6.07) is 0. The summed E-state index contributed by atoms with van der Waals surface area (Å²) in [4.78, 5) is 10.6. The number of hydrogen-bond donors (Lipinski definition) is 2. The Labute approximate surface area is 88.6 Å². The fourth-order valence-corrected chi connectivity index (χ4v) is 4.68. The molecule has 3 nitrogen and oxygen atoms in total. The minimum absolute atomic E-state index is 0.0489.